The van der Waals surface area contributed by atoms with Crippen molar-refractivity contribution in [3.8, 4) is 5.75 Å². The molecule has 4 heteroatoms. The summed E-state index contributed by atoms with van der Waals surface area (Å²) in [6, 6.07) is 7.86. The zero-order chi connectivity index (χ0) is 11.8. The molecular formula is C12H18BO3-. The van der Waals surface area contributed by atoms with Gasteiger partial charge in [-0.3, -0.25) is 0 Å². The quantitative estimate of drug-likeness (QED) is 0.712. The molecule has 0 spiro atoms. The summed E-state index contributed by atoms with van der Waals surface area (Å²) in [4.78, 5) is 0. The molecule has 2 unspecified atom stereocenters. The number of ether oxygens (including phenoxy) is 1. The summed E-state index contributed by atoms with van der Waals surface area (Å²) in [5, 5.41) is 0. The fourth-order valence-electron chi connectivity index (χ4n) is 2.32. The molecule has 1 fully saturated rings. The van der Waals surface area contributed by atoms with Gasteiger partial charge in [0.05, 0.1) is 12.9 Å². The van der Waals surface area contributed by atoms with Crippen LogP contribution in [-0.2, 0) is 9.31 Å². The highest BCUT2D eigenvalue weighted by molar-refractivity contribution is 6.81. The minimum Gasteiger partial charge on any atom is -0.560 e. The molecule has 2 rings (SSSR count). The standard InChI is InChI=1S/C12H18BO3/c1-9-10(2)16-13(3,15-9)11-7-5-6-8-12(11)14-4/h5-10H,1-4H3/q-1. The van der Waals surface area contributed by atoms with E-state index in [-0.39, 0.29) is 12.2 Å². The molecule has 0 aliphatic carbocycles. The molecule has 0 aromatic heterocycles. The second-order valence-corrected chi connectivity index (χ2v) is 4.52. The summed E-state index contributed by atoms with van der Waals surface area (Å²) in [7, 11) is 1.67. The van der Waals surface area contributed by atoms with Gasteiger partial charge in [0.15, 0.2) is 0 Å². The highest BCUT2D eigenvalue weighted by atomic mass is 16.7. The van der Waals surface area contributed by atoms with E-state index in [2.05, 4.69) is 0 Å². The van der Waals surface area contributed by atoms with Gasteiger partial charge in [0, 0.05) is 12.2 Å². The monoisotopic (exact) mass is 221 g/mol. The van der Waals surface area contributed by atoms with E-state index < -0.39 is 6.55 Å². The van der Waals surface area contributed by atoms with Crippen LogP contribution in [0.2, 0.25) is 6.82 Å². The fourth-order valence-corrected chi connectivity index (χ4v) is 2.32. The van der Waals surface area contributed by atoms with Crippen LogP contribution in [0, 0.1) is 0 Å². The first-order chi connectivity index (χ1) is 7.57. The van der Waals surface area contributed by atoms with Crippen LogP contribution < -0.4 is 10.2 Å². The average molecular weight is 221 g/mol. The van der Waals surface area contributed by atoms with Crippen molar-refractivity contribution in [3.05, 3.63) is 24.3 Å². The third-order valence-corrected chi connectivity index (χ3v) is 3.31. The van der Waals surface area contributed by atoms with Gasteiger partial charge in [0.2, 0.25) is 0 Å². The Morgan fingerprint density at radius 1 is 1.12 bits per heavy atom. The molecule has 0 bridgehead atoms. The van der Waals surface area contributed by atoms with E-state index in [0.29, 0.717) is 0 Å². The Hall–Kier alpha value is -0.995. The lowest BCUT2D eigenvalue weighted by molar-refractivity contribution is 0.187. The minimum absolute atomic E-state index is 0.120. The maximum atomic E-state index is 5.95. The summed E-state index contributed by atoms with van der Waals surface area (Å²) in [5.41, 5.74) is 1.00. The maximum absolute atomic E-state index is 5.95. The summed E-state index contributed by atoms with van der Waals surface area (Å²) >= 11 is 0. The first kappa shape index (κ1) is 11.5. The van der Waals surface area contributed by atoms with Crippen LogP contribution in [0.1, 0.15) is 13.8 Å². The molecule has 0 N–H and O–H groups in total. The lowest BCUT2D eigenvalue weighted by Gasteiger charge is -2.33. The molecule has 1 heterocycles. The fraction of sp³-hybridized carbons (Fsp3) is 0.500. The number of para-hydroxylation sites is 1. The van der Waals surface area contributed by atoms with Crippen LogP contribution in [0.5, 0.6) is 5.75 Å². The second kappa shape index (κ2) is 4.11. The molecule has 2 atom stereocenters. The molecular weight excluding hydrogens is 203 g/mol. The molecule has 1 aromatic rings. The van der Waals surface area contributed by atoms with Crippen molar-refractivity contribution in [3.63, 3.8) is 0 Å². The molecule has 88 valence electrons. The van der Waals surface area contributed by atoms with Gasteiger partial charge in [0.1, 0.15) is 0 Å². The van der Waals surface area contributed by atoms with E-state index in [4.69, 9.17) is 14.0 Å². The highest BCUT2D eigenvalue weighted by Crippen LogP contribution is 2.27. The smallest absolute Gasteiger partial charge is 0.270 e. The summed E-state index contributed by atoms with van der Waals surface area (Å²) in [5.74, 6) is 0.825. The third-order valence-electron chi connectivity index (χ3n) is 3.31. The average Bonchev–Trinajstić information content (AvgIpc) is 2.54. The normalized spacial score (nSPS) is 34.0. The van der Waals surface area contributed by atoms with E-state index in [1.54, 1.807) is 7.11 Å². The topological polar surface area (TPSA) is 27.7 Å². The van der Waals surface area contributed by atoms with Gasteiger partial charge in [-0.1, -0.05) is 18.2 Å². The third kappa shape index (κ3) is 1.83. The van der Waals surface area contributed by atoms with Crippen molar-refractivity contribution < 1.29 is 14.0 Å². The Balaban J connectivity index is 2.37. The highest BCUT2D eigenvalue weighted by Gasteiger charge is 2.37. The number of hydrogen-bond acceptors (Lipinski definition) is 3. The van der Waals surface area contributed by atoms with Crippen molar-refractivity contribution in [1.29, 1.82) is 0 Å². The zero-order valence-corrected chi connectivity index (χ0v) is 10.3. The lowest BCUT2D eigenvalue weighted by Crippen LogP contribution is -2.48. The van der Waals surface area contributed by atoms with Crippen molar-refractivity contribution in [2.45, 2.75) is 32.9 Å². The summed E-state index contributed by atoms with van der Waals surface area (Å²) < 4.78 is 17.2. The van der Waals surface area contributed by atoms with Gasteiger partial charge < -0.3 is 14.0 Å². The van der Waals surface area contributed by atoms with Crippen molar-refractivity contribution in [1.82, 2.24) is 0 Å². The first-order valence-corrected chi connectivity index (χ1v) is 5.74. The first-order valence-electron chi connectivity index (χ1n) is 5.74. The van der Waals surface area contributed by atoms with Crippen LogP contribution >= 0.6 is 0 Å². The molecule has 1 aliphatic heterocycles. The molecule has 0 saturated carbocycles. The van der Waals surface area contributed by atoms with Gasteiger partial charge in [-0.05, 0) is 19.9 Å². The Labute approximate surface area is 96.7 Å². The molecule has 0 radical (unpaired) electrons. The molecule has 1 saturated heterocycles. The van der Waals surface area contributed by atoms with Gasteiger partial charge in [0.25, 0.3) is 6.55 Å². The number of benzene rings is 1. The van der Waals surface area contributed by atoms with E-state index in [0.717, 1.165) is 11.2 Å². The van der Waals surface area contributed by atoms with E-state index >= 15 is 0 Å². The van der Waals surface area contributed by atoms with Crippen LogP contribution in [0.15, 0.2) is 24.3 Å². The second-order valence-electron chi connectivity index (χ2n) is 4.52. The number of methoxy groups -OCH3 is 1. The predicted octanol–water partition coefficient (Wildman–Crippen LogP) is 1.80. The predicted molar refractivity (Wildman–Crippen MR) is 65.3 cm³/mol. The van der Waals surface area contributed by atoms with Crippen LogP contribution in [-0.4, -0.2) is 25.9 Å². The van der Waals surface area contributed by atoms with Gasteiger partial charge in [-0.15, -0.1) is 12.3 Å². The Morgan fingerprint density at radius 3 is 2.25 bits per heavy atom. The number of rotatable bonds is 2. The van der Waals surface area contributed by atoms with E-state index in [1.807, 2.05) is 44.9 Å². The molecule has 3 nitrogen and oxygen atoms in total. The largest absolute Gasteiger partial charge is 0.560 e. The van der Waals surface area contributed by atoms with E-state index in [1.165, 1.54) is 0 Å². The van der Waals surface area contributed by atoms with Crippen LogP contribution in [0.3, 0.4) is 0 Å². The van der Waals surface area contributed by atoms with Gasteiger partial charge in [-0.2, -0.15) is 0 Å². The Morgan fingerprint density at radius 2 is 1.69 bits per heavy atom. The Bertz CT molecular complexity index is 370. The molecule has 1 aliphatic rings. The van der Waals surface area contributed by atoms with Gasteiger partial charge in [-0.25, -0.2) is 0 Å². The summed E-state index contributed by atoms with van der Waals surface area (Å²) in [6.07, 6.45) is 0.241. The van der Waals surface area contributed by atoms with Gasteiger partial charge >= 0.3 is 0 Å². The van der Waals surface area contributed by atoms with Crippen molar-refractivity contribution in [2.24, 2.45) is 0 Å². The maximum Gasteiger partial charge on any atom is 0.270 e. The number of hydrogen-bond donors (Lipinski definition) is 0. The minimum atomic E-state index is -1.41. The van der Waals surface area contributed by atoms with E-state index in [9.17, 15) is 0 Å². The zero-order valence-electron chi connectivity index (χ0n) is 10.3. The Kier molecular flexibility index (Phi) is 2.95. The van der Waals surface area contributed by atoms with Crippen LogP contribution in [0.25, 0.3) is 0 Å². The lowest BCUT2D eigenvalue weighted by atomic mass is 9.54. The molecule has 0 amide bonds. The molecule has 16 heavy (non-hydrogen) atoms. The van der Waals surface area contributed by atoms with Crippen molar-refractivity contribution >= 4 is 12.0 Å². The SMILES string of the molecule is COc1ccccc1[B-]1(C)OC(C)C(C)O1. The van der Waals surface area contributed by atoms with Crippen molar-refractivity contribution in [2.75, 3.05) is 7.11 Å². The molecule has 1 aromatic carbocycles. The summed E-state index contributed by atoms with van der Waals surface area (Å²) in [6.45, 7) is 4.66. The van der Waals surface area contributed by atoms with Crippen LogP contribution in [0.4, 0.5) is 0 Å².